The molecule has 4 amide bonds. The topological polar surface area (TPSA) is 151 Å². The number of imidazole rings is 1. The van der Waals surface area contributed by atoms with Crippen molar-refractivity contribution in [3.05, 3.63) is 82.4 Å². The van der Waals surface area contributed by atoms with Gasteiger partial charge in [-0.15, -0.1) is 0 Å². The Hall–Kier alpha value is -4.81. The third-order valence-corrected chi connectivity index (χ3v) is 6.39. The number of nitrogens with zero attached hydrogens (tertiary/aromatic N) is 3. The summed E-state index contributed by atoms with van der Waals surface area (Å²) in [6, 6.07) is 9.89. The van der Waals surface area contributed by atoms with Gasteiger partial charge in [0.2, 0.25) is 11.8 Å². The number of hydrogen-bond acceptors (Lipinski definition) is 6. The summed E-state index contributed by atoms with van der Waals surface area (Å²) < 4.78 is 30.4. The molecule has 1 aromatic heterocycles. The lowest BCUT2D eigenvalue weighted by molar-refractivity contribution is -0.124. The molecule has 0 fully saturated rings. The zero-order valence-electron chi connectivity index (χ0n) is 21.1. The molecule has 0 radical (unpaired) electrons. The van der Waals surface area contributed by atoms with E-state index in [0.717, 1.165) is 16.0 Å². The maximum atomic E-state index is 13.5. The number of aromatic amines is 1. The predicted octanol–water partition coefficient (Wildman–Crippen LogP) is 2.04. The van der Waals surface area contributed by atoms with Crippen LogP contribution in [0.1, 0.15) is 55.1 Å². The van der Waals surface area contributed by atoms with Crippen LogP contribution in [-0.2, 0) is 24.4 Å². The molecule has 4 N–H and O–H groups in total. The Morgan fingerprint density at radius 3 is 2.56 bits per heavy atom. The molecule has 0 saturated heterocycles. The molecule has 3 aromatic rings. The van der Waals surface area contributed by atoms with Gasteiger partial charge in [-0.1, -0.05) is 24.3 Å². The van der Waals surface area contributed by atoms with Gasteiger partial charge in [0.15, 0.2) is 5.82 Å². The number of carbonyl (C=O) groups is 4. The molecule has 0 spiro atoms. The summed E-state index contributed by atoms with van der Waals surface area (Å²) in [6.07, 6.45) is 1.18. The first kappa shape index (κ1) is 27.2. The summed E-state index contributed by atoms with van der Waals surface area (Å²) in [7, 11) is 1.41. The van der Waals surface area contributed by atoms with Crippen LogP contribution in [0.3, 0.4) is 0 Å². The standard InChI is InChI=1S/C26H26F2N6O5/c1-14(23(36)30-2)34(13-17-5-3-4-6-20(17)39-26(27)28)24(37)19-10-31-22(32-19)25(38)33-11-16-8-7-15(21(29)35)9-18(16)12-33/h3-10,14,26H,11-13H2,1-2H3,(H2,29,35)(H,30,36)(H,31,32). The molecular formula is C26H26F2N6O5. The second-order valence-corrected chi connectivity index (χ2v) is 8.86. The van der Waals surface area contributed by atoms with E-state index in [1.54, 1.807) is 24.3 Å². The Balaban J connectivity index is 1.55. The molecule has 2 aromatic carbocycles. The Morgan fingerprint density at radius 1 is 1.15 bits per heavy atom. The monoisotopic (exact) mass is 540 g/mol. The summed E-state index contributed by atoms with van der Waals surface area (Å²) in [6.45, 7) is -1.33. The fourth-order valence-corrected chi connectivity index (χ4v) is 4.30. The first-order valence-corrected chi connectivity index (χ1v) is 11.9. The van der Waals surface area contributed by atoms with Crippen LogP contribution in [0.25, 0.3) is 0 Å². The van der Waals surface area contributed by atoms with Gasteiger partial charge in [-0.2, -0.15) is 8.78 Å². The van der Waals surface area contributed by atoms with E-state index in [0.29, 0.717) is 5.56 Å². The molecule has 1 aliphatic rings. The van der Waals surface area contributed by atoms with Crippen molar-refractivity contribution in [1.29, 1.82) is 0 Å². The van der Waals surface area contributed by atoms with Crippen molar-refractivity contribution in [2.24, 2.45) is 5.73 Å². The number of nitrogens with two attached hydrogens (primary N) is 1. The van der Waals surface area contributed by atoms with E-state index in [2.05, 4.69) is 20.0 Å². The molecule has 0 bridgehead atoms. The normalized spacial score (nSPS) is 13.1. The average molecular weight is 541 g/mol. The number of para-hydroxylation sites is 1. The van der Waals surface area contributed by atoms with Gasteiger partial charge in [-0.25, -0.2) is 4.98 Å². The van der Waals surface area contributed by atoms with Crippen LogP contribution in [0.4, 0.5) is 8.78 Å². The number of likely N-dealkylation sites (N-methyl/N-ethyl adjacent to an activating group) is 1. The lowest BCUT2D eigenvalue weighted by atomic mass is 10.1. The van der Waals surface area contributed by atoms with E-state index in [-0.39, 0.29) is 42.5 Å². The molecular weight excluding hydrogens is 514 g/mol. The summed E-state index contributed by atoms with van der Waals surface area (Å²) in [4.78, 5) is 60.0. The van der Waals surface area contributed by atoms with Gasteiger partial charge in [0.05, 0.1) is 12.7 Å². The number of amides is 4. The Labute approximate surface area is 221 Å². The quantitative estimate of drug-likeness (QED) is 0.378. The number of hydrogen-bond donors (Lipinski definition) is 3. The average Bonchev–Trinajstić information content (AvgIpc) is 3.58. The molecule has 2 heterocycles. The first-order valence-electron chi connectivity index (χ1n) is 11.9. The van der Waals surface area contributed by atoms with Crippen LogP contribution >= 0.6 is 0 Å². The minimum Gasteiger partial charge on any atom is -0.434 e. The van der Waals surface area contributed by atoms with Crippen molar-refractivity contribution in [2.75, 3.05) is 7.05 Å². The van der Waals surface area contributed by atoms with Crippen LogP contribution in [0, 0.1) is 0 Å². The Kier molecular flexibility index (Phi) is 7.88. The first-order chi connectivity index (χ1) is 18.6. The molecule has 13 heteroatoms. The van der Waals surface area contributed by atoms with Gasteiger partial charge in [0.1, 0.15) is 17.5 Å². The molecule has 11 nitrogen and oxygen atoms in total. The summed E-state index contributed by atoms with van der Waals surface area (Å²) >= 11 is 0. The van der Waals surface area contributed by atoms with Crippen molar-refractivity contribution in [2.45, 2.75) is 39.2 Å². The van der Waals surface area contributed by atoms with Crippen molar-refractivity contribution < 1.29 is 32.7 Å². The number of aromatic nitrogens is 2. The zero-order valence-corrected chi connectivity index (χ0v) is 21.1. The highest BCUT2D eigenvalue weighted by molar-refractivity contribution is 5.98. The third kappa shape index (κ3) is 5.87. The molecule has 1 unspecified atom stereocenters. The molecule has 204 valence electrons. The van der Waals surface area contributed by atoms with Gasteiger partial charge in [-0.05, 0) is 36.2 Å². The number of H-pyrrole nitrogens is 1. The van der Waals surface area contributed by atoms with Crippen molar-refractivity contribution in [3.63, 3.8) is 0 Å². The third-order valence-electron chi connectivity index (χ3n) is 6.39. The number of primary amides is 1. The summed E-state index contributed by atoms with van der Waals surface area (Å²) in [5.41, 5.74) is 7.48. The summed E-state index contributed by atoms with van der Waals surface area (Å²) in [5, 5.41) is 2.46. The van der Waals surface area contributed by atoms with Crippen LogP contribution in [0.2, 0.25) is 0 Å². The highest BCUT2D eigenvalue weighted by Crippen LogP contribution is 2.26. The van der Waals surface area contributed by atoms with Crippen molar-refractivity contribution in [1.82, 2.24) is 25.1 Å². The second-order valence-electron chi connectivity index (χ2n) is 8.86. The minimum absolute atomic E-state index is 0.0749. The number of alkyl halides is 2. The maximum Gasteiger partial charge on any atom is 0.387 e. The van der Waals surface area contributed by atoms with E-state index in [1.807, 2.05) is 0 Å². The molecule has 1 atom stereocenters. The number of nitrogens with one attached hydrogen (secondary N) is 2. The van der Waals surface area contributed by atoms with E-state index in [4.69, 9.17) is 5.73 Å². The summed E-state index contributed by atoms with van der Waals surface area (Å²) in [5.74, 6) is -2.46. The highest BCUT2D eigenvalue weighted by atomic mass is 19.3. The number of fused-ring (bicyclic) bond motifs is 1. The fourth-order valence-electron chi connectivity index (χ4n) is 4.30. The minimum atomic E-state index is -3.08. The van der Waals surface area contributed by atoms with Gasteiger partial charge >= 0.3 is 6.61 Å². The van der Waals surface area contributed by atoms with E-state index >= 15 is 0 Å². The van der Waals surface area contributed by atoms with Gasteiger partial charge in [0.25, 0.3) is 11.8 Å². The maximum absolute atomic E-state index is 13.5. The molecule has 1 aliphatic heterocycles. The zero-order chi connectivity index (χ0) is 28.3. The number of benzene rings is 2. The van der Waals surface area contributed by atoms with Gasteiger partial charge < -0.3 is 30.6 Å². The SMILES string of the molecule is CNC(=O)C(C)N(Cc1ccccc1OC(F)F)C(=O)c1cnc(C(=O)N2Cc3ccc(C(N)=O)cc3C2)[nH]1. The van der Waals surface area contributed by atoms with Crippen LogP contribution in [0.5, 0.6) is 5.75 Å². The smallest absolute Gasteiger partial charge is 0.387 e. The highest BCUT2D eigenvalue weighted by Gasteiger charge is 2.31. The van der Waals surface area contributed by atoms with Crippen LogP contribution < -0.4 is 15.8 Å². The molecule has 0 aliphatic carbocycles. The number of ether oxygens (including phenoxy) is 1. The number of carbonyl (C=O) groups excluding carboxylic acids is 4. The largest absolute Gasteiger partial charge is 0.434 e. The predicted molar refractivity (Wildman–Crippen MR) is 134 cm³/mol. The molecule has 0 saturated carbocycles. The van der Waals surface area contributed by atoms with E-state index in [9.17, 15) is 28.0 Å². The van der Waals surface area contributed by atoms with Gasteiger partial charge in [-0.3, -0.25) is 19.2 Å². The molecule has 39 heavy (non-hydrogen) atoms. The molecule has 4 rings (SSSR count). The van der Waals surface area contributed by atoms with Crippen molar-refractivity contribution >= 4 is 23.6 Å². The number of halogens is 2. The fraction of sp³-hybridized carbons (Fsp3) is 0.269. The lowest BCUT2D eigenvalue weighted by Gasteiger charge is -2.28. The van der Waals surface area contributed by atoms with Crippen LogP contribution in [-0.4, -0.2) is 63.1 Å². The Bertz CT molecular complexity index is 1430. The van der Waals surface area contributed by atoms with Gasteiger partial charge in [0, 0.05) is 31.3 Å². The second kappa shape index (κ2) is 11.3. The number of rotatable bonds is 9. The Morgan fingerprint density at radius 2 is 1.87 bits per heavy atom. The lowest BCUT2D eigenvalue weighted by Crippen LogP contribution is -2.46. The van der Waals surface area contributed by atoms with Crippen LogP contribution in [0.15, 0.2) is 48.7 Å². The van der Waals surface area contributed by atoms with E-state index < -0.39 is 36.3 Å². The van der Waals surface area contributed by atoms with Crippen molar-refractivity contribution in [3.8, 4) is 5.75 Å². The van der Waals surface area contributed by atoms with E-state index in [1.165, 1.54) is 43.3 Å².